The van der Waals surface area contributed by atoms with Gasteiger partial charge >= 0.3 is 5.97 Å². The second kappa shape index (κ2) is 4.99. The monoisotopic (exact) mass is 185 g/mol. The number of allylic oxidation sites excluding steroid dienone is 1. The molecule has 1 aliphatic rings. The average molecular weight is 185 g/mol. The van der Waals surface area contributed by atoms with E-state index >= 15 is 0 Å². The molecule has 1 saturated heterocycles. The second-order valence-electron chi connectivity index (χ2n) is 3.03. The van der Waals surface area contributed by atoms with E-state index in [0.29, 0.717) is 13.2 Å². The molecule has 0 saturated carbocycles. The topological polar surface area (TPSA) is 49.8 Å². The van der Waals surface area contributed by atoms with E-state index in [4.69, 9.17) is 9.84 Å². The number of hydrogen-bond acceptors (Lipinski definition) is 3. The summed E-state index contributed by atoms with van der Waals surface area (Å²) < 4.78 is 5.08. The normalized spacial score (nSPS) is 25.2. The summed E-state index contributed by atoms with van der Waals surface area (Å²) in [6, 6.07) is 0. The number of rotatable bonds is 3. The van der Waals surface area contributed by atoms with Crippen molar-refractivity contribution in [3.63, 3.8) is 0 Å². The molecule has 4 heteroatoms. The Bertz CT molecular complexity index is 203. The number of morpholine rings is 1. The highest BCUT2D eigenvalue weighted by atomic mass is 16.5. The average Bonchev–Trinajstić information content (AvgIpc) is 2.15. The molecule has 1 N–H and O–H groups in total. The van der Waals surface area contributed by atoms with E-state index in [2.05, 4.69) is 4.90 Å². The van der Waals surface area contributed by atoms with Crippen molar-refractivity contribution in [3.05, 3.63) is 12.2 Å². The Morgan fingerprint density at radius 3 is 3.15 bits per heavy atom. The number of carboxylic acids is 1. The van der Waals surface area contributed by atoms with Gasteiger partial charge in [0.15, 0.2) is 6.10 Å². The van der Waals surface area contributed by atoms with Crippen LogP contribution < -0.4 is 0 Å². The fraction of sp³-hybridized carbons (Fsp3) is 0.667. The molecule has 0 bridgehead atoms. The molecule has 4 nitrogen and oxygen atoms in total. The molecule has 0 radical (unpaired) electrons. The van der Waals surface area contributed by atoms with Crippen LogP contribution >= 0.6 is 0 Å². The molecule has 0 aromatic carbocycles. The molecule has 0 spiro atoms. The van der Waals surface area contributed by atoms with Gasteiger partial charge < -0.3 is 9.84 Å². The van der Waals surface area contributed by atoms with Crippen LogP contribution in [0.25, 0.3) is 0 Å². The van der Waals surface area contributed by atoms with Crippen molar-refractivity contribution in [2.24, 2.45) is 0 Å². The largest absolute Gasteiger partial charge is 0.479 e. The first-order chi connectivity index (χ1) is 6.24. The number of aliphatic carboxylic acids is 1. The maximum Gasteiger partial charge on any atom is 0.334 e. The van der Waals surface area contributed by atoms with Crippen LogP contribution in [-0.2, 0) is 9.53 Å². The van der Waals surface area contributed by atoms with E-state index < -0.39 is 12.1 Å². The molecule has 1 heterocycles. The van der Waals surface area contributed by atoms with Crippen molar-refractivity contribution in [2.75, 3.05) is 26.2 Å². The number of carbonyl (C=O) groups is 1. The Labute approximate surface area is 77.8 Å². The number of nitrogens with zero attached hydrogens (tertiary/aromatic N) is 1. The Hall–Kier alpha value is -0.870. The zero-order chi connectivity index (χ0) is 9.68. The molecular formula is C9H15NO3. The van der Waals surface area contributed by atoms with Gasteiger partial charge in [-0.15, -0.1) is 0 Å². The minimum absolute atomic E-state index is 0.486. The third-order valence-corrected chi connectivity index (χ3v) is 2.03. The summed E-state index contributed by atoms with van der Waals surface area (Å²) in [7, 11) is 0. The van der Waals surface area contributed by atoms with Crippen LogP contribution in [0.1, 0.15) is 6.92 Å². The van der Waals surface area contributed by atoms with Crippen LogP contribution in [0.4, 0.5) is 0 Å². The van der Waals surface area contributed by atoms with Gasteiger partial charge in [-0.1, -0.05) is 12.2 Å². The van der Waals surface area contributed by atoms with Crippen LogP contribution in [0.15, 0.2) is 12.2 Å². The molecule has 1 atom stereocenters. The lowest BCUT2D eigenvalue weighted by Crippen LogP contribution is -2.45. The molecule has 1 fully saturated rings. The molecule has 0 aromatic heterocycles. The van der Waals surface area contributed by atoms with Crippen molar-refractivity contribution >= 4 is 5.97 Å². The Balaban J connectivity index is 2.37. The fourth-order valence-corrected chi connectivity index (χ4v) is 1.27. The fourth-order valence-electron chi connectivity index (χ4n) is 1.27. The molecule has 1 unspecified atom stereocenters. The molecule has 0 aromatic rings. The van der Waals surface area contributed by atoms with E-state index in [-0.39, 0.29) is 0 Å². The highest BCUT2D eigenvalue weighted by Gasteiger charge is 2.25. The maximum atomic E-state index is 10.6. The zero-order valence-electron chi connectivity index (χ0n) is 7.77. The molecular weight excluding hydrogens is 170 g/mol. The van der Waals surface area contributed by atoms with E-state index in [1.54, 1.807) is 0 Å². The minimum atomic E-state index is -0.870. The van der Waals surface area contributed by atoms with Gasteiger partial charge in [-0.3, -0.25) is 4.90 Å². The predicted molar refractivity (Wildman–Crippen MR) is 48.6 cm³/mol. The third-order valence-electron chi connectivity index (χ3n) is 2.03. The lowest BCUT2D eigenvalue weighted by atomic mass is 10.2. The first-order valence-electron chi connectivity index (χ1n) is 4.42. The first-order valence-corrected chi connectivity index (χ1v) is 4.42. The summed E-state index contributed by atoms with van der Waals surface area (Å²) in [5.41, 5.74) is 0. The lowest BCUT2D eigenvalue weighted by molar-refractivity contribution is -0.155. The van der Waals surface area contributed by atoms with Crippen LogP contribution in [0.5, 0.6) is 0 Å². The molecule has 0 aliphatic carbocycles. The SMILES string of the molecule is CC=CCN1CCOC(C(=O)O)C1. The minimum Gasteiger partial charge on any atom is -0.479 e. The van der Waals surface area contributed by atoms with Crippen LogP contribution in [0.2, 0.25) is 0 Å². The van der Waals surface area contributed by atoms with Gasteiger partial charge in [-0.2, -0.15) is 0 Å². The highest BCUT2D eigenvalue weighted by Crippen LogP contribution is 2.04. The Kier molecular flexibility index (Phi) is 3.92. The van der Waals surface area contributed by atoms with Crippen molar-refractivity contribution in [1.29, 1.82) is 0 Å². The van der Waals surface area contributed by atoms with E-state index in [9.17, 15) is 4.79 Å². The third kappa shape index (κ3) is 3.16. The highest BCUT2D eigenvalue weighted by molar-refractivity contribution is 5.72. The summed E-state index contributed by atoms with van der Waals surface area (Å²) in [5.74, 6) is -0.870. The van der Waals surface area contributed by atoms with Crippen molar-refractivity contribution in [2.45, 2.75) is 13.0 Å². The zero-order valence-corrected chi connectivity index (χ0v) is 7.77. The quantitative estimate of drug-likeness (QED) is 0.644. The van der Waals surface area contributed by atoms with Crippen molar-refractivity contribution in [3.8, 4) is 0 Å². The summed E-state index contributed by atoms with van der Waals surface area (Å²) in [6.45, 7) is 4.57. The molecule has 13 heavy (non-hydrogen) atoms. The standard InChI is InChI=1S/C9H15NO3/c1-2-3-4-10-5-6-13-8(7-10)9(11)12/h2-3,8H,4-7H2,1H3,(H,11,12). The smallest absolute Gasteiger partial charge is 0.334 e. The van der Waals surface area contributed by atoms with Gasteiger partial charge in [0.1, 0.15) is 0 Å². The number of ether oxygens (including phenoxy) is 1. The molecule has 0 amide bonds. The van der Waals surface area contributed by atoms with E-state index in [0.717, 1.165) is 13.1 Å². The van der Waals surface area contributed by atoms with E-state index in [1.807, 2.05) is 19.1 Å². The first kappa shape index (κ1) is 10.2. The molecule has 74 valence electrons. The Morgan fingerprint density at radius 2 is 2.54 bits per heavy atom. The summed E-state index contributed by atoms with van der Waals surface area (Å²) >= 11 is 0. The van der Waals surface area contributed by atoms with Gasteiger partial charge in [0.2, 0.25) is 0 Å². The van der Waals surface area contributed by atoms with Crippen LogP contribution in [0, 0.1) is 0 Å². The van der Waals surface area contributed by atoms with Gasteiger partial charge in [0.25, 0.3) is 0 Å². The van der Waals surface area contributed by atoms with Gasteiger partial charge in [-0.05, 0) is 6.92 Å². The van der Waals surface area contributed by atoms with Crippen molar-refractivity contribution < 1.29 is 14.6 Å². The Morgan fingerprint density at radius 1 is 1.77 bits per heavy atom. The summed E-state index contributed by atoms with van der Waals surface area (Å²) in [6.07, 6.45) is 3.33. The molecule has 1 rings (SSSR count). The maximum absolute atomic E-state index is 10.6. The second-order valence-corrected chi connectivity index (χ2v) is 3.03. The van der Waals surface area contributed by atoms with Gasteiger partial charge in [-0.25, -0.2) is 4.79 Å². The molecule has 1 aliphatic heterocycles. The number of hydrogen-bond donors (Lipinski definition) is 1. The van der Waals surface area contributed by atoms with E-state index in [1.165, 1.54) is 0 Å². The van der Waals surface area contributed by atoms with Gasteiger partial charge in [0.05, 0.1) is 6.61 Å². The van der Waals surface area contributed by atoms with Crippen molar-refractivity contribution in [1.82, 2.24) is 4.90 Å². The summed E-state index contributed by atoms with van der Waals surface area (Å²) in [4.78, 5) is 12.7. The predicted octanol–water partition coefficient (Wildman–Crippen LogP) is 0.348. The van der Waals surface area contributed by atoms with Crippen LogP contribution in [0.3, 0.4) is 0 Å². The van der Waals surface area contributed by atoms with Gasteiger partial charge in [0, 0.05) is 19.6 Å². The van der Waals surface area contributed by atoms with Crippen LogP contribution in [-0.4, -0.2) is 48.3 Å². The number of carboxylic acid groups (broad SMARTS) is 1. The summed E-state index contributed by atoms with van der Waals surface area (Å²) in [5, 5.41) is 8.71. The lowest BCUT2D eigenvalue weighted by Gasteiger charge is -2.29.